The van der Waals surface area contributed by atoms with Crippen molar-refractivity contribution in [2.24, 2.45) is 0 Å². The molecule has 0 radical (unpaired) electrons. The minimum atomic E-state index is -0.551. The standard InChI is InChI=1S/C37H39N3O6S/c1-7-33(37(43)39-28-17-16-23(2)24(3)18-28)47-29-15-11-14-27(22-29)38-36(42)30(40-35(41)26-12-9-8-10-13-26)19-25-20-31(44-4)34(46-6)32(21-25)45-5/h8-22,33H,7H2,1-6H3,(H,38,42)(H,39,43)(H,40,41)/b30-19+. The van der Waals surface area contributed by atoms with Gasteiger partial charge < -0.3 is 30.2 Å². The average Bonchev–Trinajstić information content (AvgIpc) is 3.08. The molecule has 244 valence electrons. The Morgan fingerprint density at radius 3 is 2.06 bits per heavy atom. The van der Waals surface area contributed by atoms with E-state index in [9.17, 15) is 14.4 Å². The van der Waals surface area contributed by atoms with E-state index in [1.54, 1.807) is 60.7 Å². The number of carbonyl (C=O) groups excluding carboxylic acids is 3. The second-order valence-corrected chi connectivity index (χ2v) is 11.9. The molecule has 0 aliphatic carbocycles. The average molecular weight is 654 g/mol. The van der Waals surface area contributed by atoms with Crippen LogP contribution in [0.15, 0.2) is 95.5 Å². The lowest BCUT2D eigenvalue weighted by atomic mass is 10.1. The normalized spacial score (nSPS) is 11.7. The second kappa shape index (κ2) is 16.4. The summed E-state index contributed by atoms with van der Waals surface area (Å²) in [5.74, 6) is 0.0743. The highest BCUT2D eigenvalue weighted by atomic mass is 32.2. The number of rotatable bonds is 13. The van der Waals surface area contributed by atoms with Gasteiger partial charge in [0.1, 0.15) is 5.70 Å². The number of ether oxygens (including phenoxy) is 3. The zero-order chi connectivity index (χ0) is 33.9. The monoisotopic (exact) mass is 653 g/mol. The van der Waals surface area contributed by atoms with Crippen molar-refractivity contribution in [1.82, 2.24) is 5.32 Å². The zero-order valence-electron chi connectivity index (χ0n) is 27.3. The van der Waals surface area contributed by atoms with E-state index in [0.717, 1.165) is 21.7 Å². The molecule has 0 saturated heterocycles. The van der Waals surface area contributed by atoms with Crippen LogP contribution in [0.2, 0.25) is 0 Å². The molecule has 10 heteroatoms. The fourth-order valence-corrected chi connectivity index (χ4v) is 5.68. The van der Waals surface area contributed by atoms with Gasteiger partial charge in [-0.15, -0.1) is 11.8 Å². The number of methoxy groups -OCH3 is 3. The molecule has 0 fully saturated rings. The van der Waals surface area contributed by atoms with Crippen LogP contribution in [0, 0.1) is 13.8 Å². The van der Waals surface area contributed by atoms with Crippen LogP contribution in [0.4, 0.5) is 11.4 Å². The van der Waals surface area contributed by atoms with Crippen LogP contribution in [-0.2, 0) is 9.59 Å². The van der Waals surface area contributed by atoms with E-state index in [4.69, 9.17) is 14.2 Å². The van der Waals surface area contributed by atoms with Crippen LogP contribution < -0.4 is 30.2 Å². The maximum absolute atomic E-state index is 13.7. The molecular formula is C37H39N3O6S. The number of aryl methyl sites for hydroxylation is 2. The predicted molar refractivity (Wildman–Crippen MR) is 188 cm³/mol. The van der Waals surface area contributed by atoms with E-state index in [0.29, 0.717) is 40.5 Å². The quantitative estimate of drug-likeness (QED) is 0.103. The Balaban J connectivity index is 1.58. The van der Waals surface area contributed by atoms with Gasteiger partial charge in [0.25, 0.3) is 11.8 Å². The Morgan fingerprint density at radius 1 is 0.766 bits per heavy atom. The maximum atomic E-state index is 13.7. The number of anilines is 2. The minimum absolute atomic E-state index is 0.00890. The first kappa shape index (κ1) is 34.6. The fourth-order valence-electron chi connectivity index (χ4n) is 4.67. The van der Waals surface area contributed by atoms with Gasteiger partial charge in [0.2, 0.25) is 11.7 Å². The van der Waals surface area contributed by atoms with Crippen LogP contribution in [0.5, 0.6) is 17.2 Å². The number of hydrogen-bond donors (Lipinski definition) is 3. The molecule has 1 atom stereocenters. The minimum Gasteiger partial charge on any atom is -0.493 e. The number of hydrogen-bond acceptors (Lipinski definition) is 7. The van der Waals surface area contributed by atoms with Crippen molar-refractivity contribution in [2.45, 2.75) is 37.3 Å². The summed E-state index contributed by atoms with van der Waals surface area (Å²) < 4.78 is 16.4. The Hall–Kier alpha value is -5.22. The van der Waals surface area contributed by atoms with E-state index in [-0.39, 0.29) is 16.9 Å². The molecule has 0 aliphatic heterocycles. The summed E-state index contributed by atoms with van der Waals surface area (Å²) >= 11 is 1.41. The molecule has 0 aromatic heterocycles. The summed E-state index contributed by atoms with van der Waals surface area (Å²) in [5.41, 5.74) is 4.42. The molecule has 47 heavy (non-hydrogen) atoms. The third-order valence-corrected chi connectivity index (χ3v) is 8.69. The van der Waals surface area contributed by atoms with Crippen LogP contribution in [0.1, 0.15) is 40.4 Å². The van der Waals surface area contributed by atoms with Gasteiger partial charge >= 0.3 is 0 Å². The van der Waals surface area contributed by atoms with E-state index in [1.165, 1.54) is 39.2 Å². The Bertz CT molecular complexity index is 1750. The number of nitrogens with one attached hydrogen (secondary N) is 3. The van der Waals surface area contributed by atoms with Gasteiger partial charge in [0, 0.05) is 21.8 Å². The van der Waals surface area contributed by atoms with Crippen molar-refractivity contribution in [3.05, 3.63) is 113 Å². The lowest BCUT2D eigenvalue weighted by molar-refractivity contribution is -0.116. The molecule has 3 N–H and O–H groups in total. The summed E-state index contributed by atoms with van der Waals surface area (Å²) in [6.07, 6.45) is 2.13. The summed E-state index contributed by atoms with van der Waals surface area (Å²) in [6.45, 7) is 5.99. The molecule has 1 unspecified atom stereocenters. The second-order valence-electron chi connectivity index (χ2n) is 10.6. The van der Waals surface area contributed by atoms with E-state index >= 15 is 0 Å². The molecule has 9 nitrogen and oxygen atoms in total. The summed E-state index contributed by atoms with van der Waals surface area (Å²) in [5, 5.41) is 8.29. The highest BCUT2D eigenvalue weighted by Crippen LogP contribution is 2.38. The van der Waals surface area contributed by atoms with Crippen molar-refractivity contribution in [2.75, 3.05) is 32.0 Å². The highest BCUT2D eigenvalue weighted by molar-refractivity contribution is 8.00. The lowest BCUT2D eigenvalue weighted by Gasteiger charge is -2.16. The van der Waals surface area contributed by atoms with Crippen molar-refractivity contribution < 1.29 is 28.6 Å². The van der Waals surface area contributed by atoms with Gasteiger partial charge in [0.05, 0.1) is 26.6 Å². The molecule has 0 bridgehead atoms. The number of benzene rings is 4. The Labute approximate surface area is 279 Å². The number of thioether (sulfide) groups is 1. The zero-order valence-corrected chi connectivity index (χ0v) is 28.1. The molecule has 4 rings (SSSR count). The number of carbonyl (C=O) groups is 3. The summed E-state index contributed by atoms with van der Waals surface area (Å²) in [6, 6.07) is 25.0. The van der Waals surface area contributed by atoms with Gasteiger partial charge in [-0.3, -0.25) is 14.4 Å². The van der Waals surface area contributed by atoms with Crippen molar-refractivity contribution >= 4 is 46.9 Å². The van der Waals surface area contributed by atoms with E-state index in [2.05, 4.69) is 16.0 Å². The van der Waals surface area contributed by atoms with Gasteiger partial charge in [-0.05, 0) is 97.6 Å². The maximum Gasteiger partial charge on any atom is 0.272 e. The van der Waals surface area contributed by atoms with Crippen LogP contribution >= 0.6 is 11.8 Å². The first-order valence-electron chi connectivity index (χ1n) is 15.0. The lowest BCUT2D eigenvalue weighted by Crippen LogP contribution is -2.30. The van der Waals surface area contributed by atoms with Crippen LogP contribution in [0.3, 0.4) is 0 Å². The molecular weight excluding hydrogens is 614 g/mol. The number of amides is 3. The van der Waals surface area contributed by atoms with Crippen molar-refractivity contribution in [3.63, 3.8) is 0 Å². The van der Waals surface area contributed by atoms with E-state index < -0.39 is 11.8 Å². The molecule has 3 amide bonds. The van der Waals surface area contributed by atoms with E-state index in [1.807, 2.05) is 45.0 Å². The Kier molecular flexibility index (Phi) is 12.1. The largest absolute Gasteiger partial charge is 0.493 e. The third-order valence-electron chi connectivity index (χ3n) is 7.33. The first-order valence-corrected chi connectivity index (χ1v) is 15.9. The first-order chi connectivity index (χ1) is 22.6. The molecule has 4 aromatic rings. The molecule has 4 aromatic carbocycles. The third kappa shape index (κ3) is 9.17. The van der Waals surface area contributed by atoms with Gasteiger partial charge in [-0.1, -0.05) is 37.3 Å². The topological polar surface area (TPSA) is 115 Å². The molecule has 0 heterocycles. The van der Waals surface area contributed by atoms with Gasteiger partial charge in [0.15, 0.2) is 11.5 Å². The van der Waals surface area contributed by atoms with Gasteiger partial charge in [-0.25, -0.2) is 0 Å². The molecule has 0 spiro atoms. The van der Waals surface area contributed by atoms with Crippen molar-refractivity contribution in [1.29, 1.82) is 0 Å². The smallest absolute Gasteiger partial charge is 0.272 e. The fraction of sp³-hybridized carbons (Fsp3) is 0.216. The highest BCUT2D eigenvalue weighted by Gasteiger charge is 2.20. The predicted octanol–water partition coefficient (Wildman–Crippen LogP) is 7.25. The molecule has 0 saturated carbocycles. The van der Waals surface area contributed by atoms with Crippen LogP contribution in [0.25, 0.3) is 6.08 Å². The molecule has 0 aliphatic rings. The van der Waals surface area contributed by atoms with Crippen molar-refractivity contribution in [3.8, 4) is 17.2 Å². The SMILES string of the molecule is CCC(Sc1cccc(NC(=O)/C(=C\c2cc(OC)c(OC)c(OC)c2)NC(=O)c2ccccc2)c1)C(=O)Nc1ccc(C)c(C)c1. The Morgan fingerprint density at radius 2 is 1.45 bits per heavy atom. The summed E-state index contributed by atoms with van der Waals surface area (Å²) in [7, 11) is 4.49. The van der Waals surface area contributed by atoms with Crippen LogP contribution in [-0.4, -0.2) is 44.3 Å². The van der Waals surface area contributed by atoms with Gasteiger partial charge in [-0.2, -0.15) is 0 Å². The summed E-state index contributed by atoms with van der Waals surface area (Å²) in [4.78, 5) is 40.8.